The van der Waals surface area contributed by atoms with Crippen LogP contribution >= 0.6 is 0 Å². The monoisotopic (exact) mass is 381 g/mol. The number of hydrogen-bond acceptors (Lipinski definition) is 5. The summed E-state index contributed by atoms with van der Waals surface area (Å²) in [5, 5.41) is 2.92. The highest BCUT2D eigenvalue weighted by molar-refractivity contribution is 7.91. The van der Waals surface area contributed by atoms with E-state index in [0.29, 0.717) is 20.9 Å². The molecule has 1 N–H and O–H groups in total. The van der Waals surface area contributed by atoms with Crippen LogP contribution in [0.1, 0.15) is 11.1 Å². The van der Waals surface area contributed by atoms with Gasteiger partial charge in [0.05, 0.1) is 21.3 Å². The summed E-state index contributed by atoms with van der Waals surface area (Å²) in [6.45, 7) is 3.93. The molecule has 7 heteroatoms. The molecular weight excluding hydrogens is 358 g/mol. The second-order valence-corrected chi connectivity index (χ2v) is 10.1. The zero-order valence-electron chi connectivity index (χ0n) is 14.4. The first kappa shape index (κ1) is 19.6. The molecule has 2 aromatic rings. The Bertz CT molecular complexity index is 858. The second-order valence-electron chi connectivity index (χ2n) is 5.92. The summed E-state index contributed by atoms with van der Waals surface area (Å²) in [4.78, 5) is 0.647. The van der Waals surface area contributed by atoms with E-state index in [0.717, 1.165) is 0 Å². The van der Waals surface area contributed by atoms with Gasteiger partial charge in [0.15, 0.2) is 19.7 Å². The Morgan fingerprint density at radius 2 is 1.04 bits per heavy atom. The molecular formula is C18H23NO4S2. The van der Waals surface area contributed by atoms with Crippen molar-refractivity contribution in [2.45, 2.75) is 23.6 Å². The standard InChI is InChI=1S/C18H23NO4S2/c1-15-7-3-5-9-17(15)24(20,21)13-11-19-12-14-25(22,23)18-10-6-4-8-16(18)2/h3-10,19H,11-14H2,1-2H3. The Kier molecular flexibility index (Phi) is 6.37. The summed E-state index contributed by atoms with van der Waals surface area (Å²) in [5.41, 5.74) is 1.43. The van der Waals surface area contributed by atoms with E-state index in [4.69, 9.17) is 0 Å². The molecule has 0 heterocycles. The van der Waals surface area contributed by atoms with Crippen molar-refractivity contribution in [3.8, 4) is 0 Å². The van der Waals surface area contributed by atoms with E-state index in [9.17, 15) is 16.8 Å². The van der Waals surface area contributed by atoms with Crippen molar-refractivity contribution in [1.82, 2.24) is 5.32 Å². The molecule has 0 aromatic heterocycles. The maximum atomic E-state index is 12.3. The summed E-state index contributed by atoms with van der Waals surface area (Å²) in [6.07, 6.45) is 0. The van der Waals surface area contributed by atoms with Crippen molar-refractivity contribution in [2.75, 3.05) is 24.6 Å². The third-order valence-corrected chi connectivity index (χ3v) is 7.69. The van der Waals surface area contributed by atoms with Crippen LogP contribution in [0.4, 0.5) is 0 Å². The van der Waals surface area contributed by atoms with E-state index >= 15 is 0 Å². The van der Waals surface area contributed by atoms with Gasteiger partial charge in [0.25, 0.3) is 0 Å². The Morgan fingerprint density at radius 1 is 0.680 bits per heavy atom. The van der Waals surface area contributed by atoms with Crippen molar-refractivity contribution in [2.24, 2.45) is 0 Å². The van der Waals surface area contributed by atoms with Crippen LogP contribution in [0, 0.1) is 13.8 Å². The van der Waals surface area contributed by atoms with Gasteiger partial charge in [-0.3, -0.25) is 0 Å². The summed E-state index contributed by atoms with van der Waals surface area (Å²) in [7, 11) is -6.76. The van der Waals surface area contributed by atoms with Crippen LogP contribution < -0.4 is 5.32 Å². The lowest BCUT2D eigenvalue weighted by atomic mass is 10.2. The zero-order valence-corrected chi connectivity index (χ0v) is 16.0. The van der Waals surface area contributed by atoms with Gasteiger partial charge in [-0.15, -0.1) is 0 Å². The van der Waals surface area contributed by atoms with Gasteiger partial charge in [0.2, 0.25) is 0 Å². The van der Waals surface area contributed by atoms with Crippen LogP contribution in [-0.2, 0) is 19.7 Å². The van der Waals surface area contributed by atoms with Gasteiger partial charge in [-0.2, -0.15) is 0 Å². The van der Waals surface area contributed by atoms with Crippen LogP contribution in [-0.4, -0.2) is 41.4 Å². The first-order valence-corrected chi connectivity index (χ1v) is 11.3. The van der Waals surface area contributed by atoms with Crippen molar-refractivity contribution in [1.29, 1.82) is 0 Å². The van der Waals surface area contributed by atoms with E-state index in [-0.39, 0.29) is 24.6 Å². The quantitative estimate of drug-likeness (QED) is 0.709. The minimum atomic E-state index is -3.38. The minimum Gasteiger partial charge on any atom is -0.315 e. The Morgan fingerprint density at radius 3 is 1.40 bits per heavy atom. The molecule has 0 fully saturated rings. The normalized spacial score (nSPS) is 12.2. The van der Waals surface area contributed by atoms with Gasteiger partial charge in [-0.1, -0.05) is 36.4 Å². The first-order valence-electron chi connectivity index (χ1n) is 8.01. The van der Waals surface area contributed by atoms with Gasteiger partial charge >= 0.3 is 0 Å². The van der Waals surface area contributed by atoms with Gasteiger partial charge in [-0.05, 0) is 37.1 Å². The van der Waals surface area contributed by atoms with Crippen molar-refractivity contribution in [3.63, 3.8) is 0 Å². The predicted molar refractivity (Wildman–Crippen MR) is 99.3 cm³/mol. The first-order chi connectivity index (χ1) is 11.7. The number of benzene rings is 2. The van der Waals surface area contributed by atoms with Crippen LogP contribution in [0.15, 0.2) is 58.3 Å². The molecule has 136 valence electrons. The summed E-state index contributed by atoms with van der Waals surface area (Å²) < 4.78 is 49.3. The van der Waals surface area contributed by atoms with E-state index in [1.807, 2.05) is 0 Å². The fraction of sp³-hybridized carbons (Fsp3) is 0.333. The van der Waals surface area contributed by atoms with Crippen molar-refractivity contribution < 1.29 is 16.8 Å². The van der Waals surface area contributed by atoms with Gasteiger partial charge < -0.3 is 5.32 Å². The average Bonchev–Trinajstić information content (AvgIpc) is 2.54. The molecule has 0 atom stereocenters. The molecule has 0 aliphatic heterocycles. The summed E-state index contributed by atoms with van der Waals surface area (Å²) >= 11 is 0. The molecule has 0 unspecified atom stereocenters. The van der Waals surface area contributed by atoms with E-state index < -0.39 is 19.7 Å². The molecule has 0 radical (unpaired) electrons. The van der Waals surface area contributed by atoms with E-state index in [1.54, 1.807) is 62.4 Å². The van der Waals surface area contributed by atoms with Crippen LogP contribution in [0.25, 0.3) is 0 Å². The van der Waals surface area contributed by atoms with Gasteiger partial charge in [-0.25, -0.2) is 16.8 Å². The molecule has 0 aliphatic carbocycles. The third kappa shape index (κ3) is 5.14. The lowest BCUT2D eigenvalue weighted by Crippen LogP contribution is -2.28. The highest BCUT2D eigenvalue weighted by Crippen LogP contribution is 2.16. The topological polar surface area (TPSA) is 80.3 Å². The van der Waals surface area contributed by atoms with Gasteiger partial charge in [0, 0.05) is 13.1 Å². The molecule has 2 rings (SSSR count). The predicted octanol–water partition coefficient (Wildman–Crippen LogP) is 2.14. The highest BCUT2D eigenvalue weighted by atomic mass is 32.2. The summed E-state index contributed by atoms with van der Waals surface area (Å²) in [5.74, 6) is -0.134. The number of nitrogens with one attached hydrogen (secondary N) is 1. The Balaban J connectivity index is 1.88. The molecule has 0 saturated carbocycles. The minimum absolute atomic E-state index is 0.0672. The molecule has 5 nitrogen and oxygen atoms in total. The number of sulfone groups is 2. The largest absolute Gasteiger partial charge is 0.315 e. The lowest BCUT2D eigenvalue weighted by molar-refractivity contribution is 0.588. The fourth-order valence-corrected chi connectivity index (χ4v) is 5.52. The maximum Gasteiger partial charge on any atom is 0.179 e. The number of hydrogen-bond donors (Lipinski definition) is 1. The third-order valence-electron chi connectivity index (χ3n) is 3.95. The van der Waals surface area contributed by atoms with E-state index in [2.05, 4.69) is 5.32 Å². The molecule has 0 aliphatic rings. The Labute approximate surface area is 149 Å². The maximum absolute atomic E-state index is 12.3. The molecule has 0 amide bonds. The molecule has 0 bridgehead atoms. The van der Waals surface area contributed by atoms with Crippen LogP contribution in [0.2, 0.25) is 0 Å². The summed E-state index contributed by atoms with van der Waals surface area (Å²) in [6, 6.07) is 13.7. The zero-order chi connectivity index (χ0) is 18.5. The van der Waals surface area contributed by atoms with Crippen molar-refractivity contribution in [3.05, 3.63) is 59.7 Å². The Hall–Kier alpha value is -1.70. The molecule has 25 heavy (non-hydrogen) atoms. The number of aryl methyl sites for hydroxylation is 2. The van der Waals surface area contributed by atoms with E-state index in [1.165, 1.54) is 0 Å². The van der Waals surface area contributed by atoms with Crippen LogP contribution in [0.3, 0.4) is 0 Å². The molecule has 0 spiro atoms. The molecule has 0 saturated heterocycles. The van der Waals surface area contributed by atoms with Crippen molar-refractivity contribution >= 4 is 19.7 Å². The fourth-order valence-electron chi connectivity index (χ4n) is 2.57. The SMILES string of the molecule is Cc1ccccc1S(=O)(=O)CCNCCS(=O)(=O)c1ccccc1C. The average molecular weight is 382 g/mol. The smallest absolute Gasteiger partial charge is 0.179 e. The number of rotatable bonds is 8. The van der Waals surface area contributed by atoms with Crippen LogP contribution in [0.5, 0.6) is 0 Å². The lowest BCUT2D eigenvalue weighted by Gasteiger charge is -2.10. The molecule has 2 aromatic carbocycles. The second kappa shape index (κ2) is 8.12. The highest BCUT2D eigenvalue weighted by Gasteiger charge is 2.18. The van der Waals surface area contributed by atoms with Gasteiger partial charge in [0.1, 0.15) is 0 Å².